The van der Waals surface area contributed by atoms with Crippen molar-refractivity contribution in [2.75, 3.05) is 23.9 Å². The van der Waals surface area contributed by atoms with Crippen LogP contribution in [0.2, 0.25) is 0 Å². The highest BCUT2D eigenvalue weighted by Crippen LogP contribution is 2.41. The molecule has 1 saturated heterocycles. The van der Waals surface area contributed by atoms with Crippen molar-refractivity contribution in [3.05, 3.63) is 16.3 Å². The number of halogens is 3. The quantitative estimate of drug-likeness (QED) is 0.280. The van der Waals surface area contributed by atoms with E-state index in [0.717, 1.165) is 9.91 Å². The van der Waals surface area contributed by atoms with E-state index in [0.29, 0.717) is 9.91 Å². The van der Waals surface area contributed by atoms with Crippen LogP contribution in [-0.2, 0) is 25.6 Å². The highest BCUT2D eigenvalue weighted by molar-refractivity contribution is 8.01. The minimum atomic E-state index is -4.16. The molecule has 1 aromatic heterocycles. The summed E-state index contributed by atoms with van der Waals surface area (Å²) in [5, 5.41) is 15.5. The van der Waals surface area contributed by atoms with E-state index in [1.807, 2.05) is 0 Å². The monoisotopic (exact) mass is 516 g/mol. The van der Waals surface area contributed by atoms with Gasteiger partial charge in [0.1, 0.15) is 22.1 Å². The van der Waals surface area contributed by atoms with Gasteiger partial charge < -0.3 is 15.0 Å². The zero-order chi connectivity index (χ0) is 22.9. The Morgan fingerprint density at radius 3 is 2.74 bits per heavy atom. The first-order chi connectivity index (χ1) is 14.5. The predicted octanol–water partition coefficient (Wildman–Crippen LogP) is 0.988. The van der Waals surface area contributed by atoms with Crippen molar-refractivity contribution < 1.29 is 37.2 Å². The first-order valence-electron chi connectivity index (χ1n) is 8.49. The molecule has 2 amide bonds. The second-order valence-corrected chi connectivity index (χ2v) is 11.4. The molecule has 0 spiro atoms. The zero-order valence-electron chi connectivity index (χ0n) is 15.7. The van der Waals surface area contributed by atoms with Crippen molar-refractivity contribution in [2.45, 2.75) is 27.9 Å². The Kier molecular flexibility index (Phi) is 7.45. The van der Waals surface area contributed by atoms with Crippen molar-refractivity contribution in [1.29, 1.82) is 0 Å². The molecule has 16 heteroatoms. The molecular weight excluding hydrogens is 501 g/mol. The highest BCUT2D eigenvalue weighted by atomic mass is 32.2. The molecule has 0 aliphatic carbocycles. The average molecular weight is 517 g/mol. The maximum absolute atomic E-state index is 13.0. The van der Waals surface area contributed by atoms with Gasteiger partial charge in [-0.05, 0) is 12.5 Å². The number of thioether (sulfide) groups is 2. The molecule has 170 valence electrons. The van der Waals surface area contributed by atoms with E-state index >= 15 is 0 Å². The van der Waals surface area contributed by atoms with Gasteiger partial charge in [0.05, 0.1) is 0 Å². The molecule has 3 atom stereocenters. The fourth-order valence-corrected chi connectivity index (χ4v) is 6.74. The summed E-state index contributed by atoms with van der Waals surface area (Å²) in [6.45, 7) is -0.391. The summed E-state index contributed by atoms with van der Waals surface area (Å²) < 4.78 is 50.4. The van der Waals surface area contributed by atoms with Gasteiger partial charge in [0.15, 0.2) is 10.1 Å². The number of carboxylic acid groups (broad SMARTS) is 1. The van der Waals surface area contributed by atoms with Crippen molar-refractivity contribution in [1.82, 2.24) is 20.4 Å². The predicted molar refractivity (Wildman–Crippen MR) is 109 cm³/mol. The van der Waals surface area contributed by atoms with Crippen molar-refractivity contribution in [3.63, 3.8) is 0 Å². The van der Waals surface area contributed by atoms with Crippen LogP contribution in [0.25, 0.3) is 0 Å². The first-order valence-corrected chi connectivity index (χ1v) is 12.7. The van der Waals surface area contributed by atoms with Crippen molar-refractivity contribution >= 4 is 63.8 Å². The molecule has 0 saturated carbocycles. The van der Waals surface area contributed by atoms with Crippen LogP contribution < -0.4 is 5.32 Å². The van der Waals surface area contributed by atoms with Crippen LogP contribution in [0.5, 0.6) is 0 Å². The summed E-state index contributed by atoms with van der Waals surface area (Å²) in [4.78, 5) is 37.2. The fraction of sp³-hybridized carbons (Fsp3) is 0.533. The fourth-order valence-electron chi connectivity index (χ4n) is 2.78. The largest absolute Gasteiger partial charge is 0.611 e. The summed E-state index contributed by atoms with van der Waals surface area (Å²) >= 11 is 0.760. The van der Waals surface area contributed by atoms with Crippen LogP contribution in [0.3, 0.4) is 0 Å². The standard InChI is InChI=1S/C15H15F3N4O5S4/c1-6-20-21-14(30-6)29-3-7-2-28-12-9(11(24)22(12)10(7)13(25)26)19-8(23)4-31(27)15(17,18)5-16/h9,12H,2-5H2,1H3,(H,19,23)(H,25,26)/t9?,12-,31?/m0/s1. The average Bonchev–Trinajstić information content (AvgIpc) is 3.14. The second-order valence-electron chi connectivity index (χ2n) is 6.35. The zero-order valence-corrected chi connectivity index (χ0v) is 18.9. The summed E-state index contributed by atoms with van der Waals surface area (Å²) in [7, 11) is 0. The summed E-state index contributed by atoms with van der Waals surface area (Å²) in [5.41, 5.74) is 0.300. The normalized spacial score (nSPS) is 22.1. The van der Waals surface area contributed by atoms with E-state index in [4.69, 9.17) is 0 Å². The van der Waals surface area contributed by atoms with Crippen LogP contribution in [0.15, 0.2) is 15.6 Å². The third-order valence-electron chi connectivity index (χ3n) is 4.19. The lowest BCUT2D eigenvalue weighted by Gasteiger charge is -2.49. The summed E-state index contributed by atoms with van der Waals surface area (Å²) in [6, 6.07) is -1.15. The van der Waals surface area contributed by atoms with Gasteiger partial charge in [0, 0.05) is 22.7 Å². The van der Waals surface area contributed by atoms with Gasteiger partial charge in [-0.3, -0.25) is 14.5 Å². The van der Waals surface area contributed by atoms with E-state index in [1.165, 1.54) is 34.9 Å². The molecular formula is C15H15F3N4O5S4. The van der Waals surface area contributed by atoms with E-state index in [2.05, 4.69) is 15.5 Å². The Balaban J connectivity index is 1.66. The smallest absolute Gasteiger partial charge is 0.435 e. The van der Waals surface area contributed by atoms with Gasteiger partial charge in [0.2, 0.25) is 6.67 Å². The molecule has 3 heterocycles. The Morgan fingerprint density at radius 2 is 2.16 bits per heavy atom. The molecule has 9 nitrogen and oxygen atoms in total. The molecule has 1 aromatic rings. The maximum atomic E-state index is 13.0. The molecule has 3 rings (SSSR count). The van der Waals surface area contributed by atoms with Gasteiger partial charge in [0.25, 0.3) is 11.8 Å². The lowest BCUT2D eigenvalue weighted by Crippen LogP contribution is -2.71. The van der Waals surface area contributed by atoms with Gasteiger partial charge in [-0.1, -0.05) is 23.1 Å². The van der Waals surface area contributed by atoms with Crippen molar-refractivity contribution in [3.8, 4) is 0 Å². The number of aromatic nitrogens is 2. The van der Waals surface area contributed by atoms with E-state index in [1.54, 1.807) is 6.92 Å². The number of nitrogens with one attached hydrogen (secondary N) is 1. The summed E-state index contributed by atoms with van der Waals surface area (Å²) in [5.74, 6) is -3.79. The second kappa shape index (κ2) is 9.56. The molecule has 2 aliphatic heterocycles. The van der Waals surface area contributed by atoms with Gasteiger partial charge in [-0.15, -0.1) is 22.0 Å². The Hall–Kier alpha value is -1.49. The van der Waals surface area contributed by atoms with Gasteiger partial charge in [-0.2, -0.15) is 8.78 Å². The van der Waals surface area contributed by atoms with E-state index in [-0.39, 0.29) is 17.2 Å². The number of carboxylic acids is 1. The number of carbonyl (C=O) groups is 3. The van der Waals surface area contributed by atoms with Gasteiger partial charge in [-0.25, -0.2) is 9.18 Å². The lowest BCUT2D eigenvalue weighted by atomic mass is 10.0. The van der Waals surface area contributed by atoms with Crippen molar-refractivity contribution in [2.24, 2.45) is 0 Å². The number of alkyl halides is 3. The van der Waals surface area contributed by atoms with Crippen LogP contribution in [0.1, 0.15) is 5.01 Å². The van der Waals surface area contributed by atoms with Crippen LogP contribution >= 0.6 is 34.9 Å². The lowest BCUT2D eigenvalue weighted by molar-refractivity contribution is -0.150. The van der Waals surface area contributed by atoms with Crippen LogP contribution in [0, 0.1) is 6.92 Å². The number of nitrogens with zero attached hydrogens (tertiary/aromatic N) is 3. The summed E-state index contributed by atoms with van der Waals surface area (Å²) in [6.07, 6.45) is 0. The Morgan fingerprint density at radius 1 is 1.45 bits per heavy atom. The van der Waals surface area contributed by atoms with E-state index in [9.17, 15) is 37.2 Å². The molecule has 0 bridgehead atoms. The van der Waals surface area contributed by atoms with Crippen LogP contribution in [-0.4, -0.2) is 83.1 Å². The topological polar surface area (TPSA) is 136 Å². The number of aliphatic carboxylic acids is 1. The molecule has 31 heavy (non-hydrogen) atoms. The van der Waals surface area contributed by atoms with E-state index < -0.39 is 58.1 Å². The molecule has 2 aliphatic rings. The molecule has 2 N–H and O–H groups in total. The molecule has 1 fully saturated rings. The number of β-lactam (4-membered cyclic amide) rings is 1. The Bertz CT molecular complexity index is 930. The molecule has 0 radical (unpaired) electrons. The third-order valence-corrected chi connectivity index (χ3v) is 8.89. The highest BCUT2D eigenvalue weighted by Gasteiger charge is 2.54. The van der Waals surface area contributed by atoms with Crippen LogP contribution in [0.4, 0.5) is 13.2 Å². The number of hydrogen-bond acceptors (Lipinski definition) is 9. The Labute approximate surface area is 189 Å². The minimum absolute atomic E-state index is 0.194. The SMILES string of the molecule is Cc1nnc(SCC2=C(C(=O)O)N3C(=O)C(NC(=O)C[S+]([O-])C(F)(F)CF)[C@@H]3SC2)s1. The first kappa shape index (κ1) is 24.2. The number of rotatable bonds is 9. The molecule has 0 aromatic carbocycles. The number of fused-ring (bicyclic) bond motifs is 1. The third kappa shape index (κ3) is 5.13. The number of carbonyl (C=O) groups excluding carboxylic acids is 2. The number of hydrogen-bond donors (Lipinski definition) is 2. The van der Waals surface area contributed by atoms with Gasteiger partial charge >= 0.3 is 11.2 Å². The molecule has 2 unspecified atom stereocenters. The number of aryl methyl sites for hydroxylation is 1. The minimum Gasteiger partial charge on any atom is -0.611 e. The number of amides is 2. The maximum Gasteiger partial charge on any atom is 0.435 e.